The minimum atomic E-state index is -0.430. The van der Waals surface area contributed by atoms with Crippen LogP contribution in [-0.4, -0.2) is 10.9 Å². The van der Waals surface area contributed by atoms with Gasteiger partial charge < -0.3 is 9.73 Å². The van der Waals surface area contributed by atoms with Crippen LogP contribution in [0.3, 0.4) is 0 Å². The van der Waals surface area contributed by atoms with Crippen LogP contribution in [0.15, 0.2) is 65.1 Å². The number of carbonyl (C=O) groups is 1. The highest BCUT2D eigenvalue weighted by Gasteiger charge is 2.14. The van der Waals surface area contributed by atoms with Gasteiger partial charge in [0, 0.05) is 9.26 Å². The van der Waals surface area contributed by atoms with Crippen molar-refractivity contribution < 1.29 is 13.6 Å². The van der Waals surface area contributed by atoms with Crippen molar-refractivity contribution in [1.29, 1.82) is 0 Å². The molecule has 27 heavy (non-hydrogen) atoms. The third-order valence-corrected chi connectivity index (χ3v) is 5.18. The van der Waals surface area contributed by atoms with Crippen molar-refractivity contribution in [2.24, 2.45) is 0 Å². The highest BCUT2D eigenvalue weighted by atomic mass is 127. The lowest BCUT2D eigenvalue weighted by molar-refractivity contribution is 0.102. The van der Waals surface area contributed by atoms with E-state index < -0.39 is 5.82 Å². The van der Waals surface area contributed by atoms with Crippen molar-refractivity contribution in [2.45, 2.75) is 0 Å². The molecule has 7 heteroatoms. The van der Waals surface area contributed by atoms with E-state index in [2.05, 4.69) is 32.9 Å². The van der Waals surface area contributed by atoms with Crippen molar-refractivity contribution in [1.82, 2.24) is 4.98 Å². The second-order valence-electron chi connectivity index (χ2n) is 5.76. The van der Waals surface area contributed by atoms with Crippen LogP contribution in [0, 0.1) is 9.39 Å². The smallest absolute Gasteiger partial charge is 0.256 e. The molecule has 0 fully saturated rings. The summed E-state index contributed by atoms with van der Waals surface area (Å²) < 4.78 is 19.8. The minimum Gasteiger partial charge on any atom is -0.436 e. The molecule has 1 heterocycles. The maximum atomic E-state index is 13.2. The number of nitrogens with zero attached hydrogens (tertiary/aromatic N) is 1. The maximum absolute atomic E-state index is 13.2. The number of hydrogen-bond acceptors (Lipinski definition) is 3. The van der Waals surface area contributed by atoms with Crippen LogP contribution in [0.1, 0.15) is 10.4 Å². The molecule has 134 valence electrons. The fourth-order valence-corrected chi connectivity index (χ4v) is 3.51. The molecular weight excluding hydrogens is 482 g/mol. The molecule has 4 rings (SSSR count). The van der Waals surface area contributed by atoms with Gasteiger partial charge in [0.2, 0.25) is 5.89 Å². The van der Waals surface area contributed by atoms with Crippen LogP contribution in [-0.2, 0) is 0 Å². The second-order valence-corrected chi connectivity index (χ2v) is 7.33. The zero-order chi connectivity index (χ0) is 19.0. The van der Waals surface area contributed by atoms with Crippen LogP contribution >= 0.6 is 34.2 Å². The minimum absolute atomic E-state index is 0.204. The van der Waals surface area contributed by atoms with E-state index in [4.69, 9.17) is 16.0 Å². The van der Waals surface area contributed by atoms with Gasteiger partial charge in [-0.15, -0.1) is 0 Å². The summed E-state index contributed by atoms with van der Waals surface area (Å²) in [5, 5.41) is 3.07. The first-order valence-corrected chi connectivity index (χ1v) is 9.39. The molecule has 0 saturated carbocycles. The van der Waals surface area contributed by atoms with Crippen LogP contribution in [0.25, 0.3) is 22.6 Å². The van der Waals surface area contributed by atoms with Gasteiger partial charge in [-0.3, -0.25) is 4.79 Å². The topological polar surface area (TPSA) is 55.1 Å². The summed E-state index contributed by atoms with van der Waals surface area (Å²) in [6.45, 7) is 0. The van der Waals surface area contributed by atoms with Crippen LogP contribution in [0.4, 0.5) is 10.1 Å². The summed E-state index contributed by atoms with van der Waals surface area (Å²) in [5.74, 6) is -0.346. The Balaban J connectivity index is 1.65. The summed E-state index contributed by atoms with van der Waals surface area (Å²) in [6, 6.07) is 16.5. The van der Waals surface area contributed by atoms with Crippen LogP contribution < -0.4 is 5.32 Å². The van der Waals surface area contributed by atoms with Crippen molar-refractivity contribution >= 4 is 56.9 Å². The van der Waals surface area contributed by atoms with Crippen molar-refractivity contribution in [2.75, 3.05) is 5.32 Å². The molecule has 0 atom stereocenters. The van der Waals surface area contributed by atoms with Crippen LogP contribution in [0.2, 0.25) is 5.02 Å². The fraction of sp³-hybridized carbons (Fsp3) is 0. The number of benzene rings is 3. The Kier molecular flexibility index (Phi) is 4.84. The molecule has 1 amide bonds. The monoisotopic (exact) mass is 492 g/mol. The van der Waals surface area contributed by atoms with Crippen molar-refractivity contribution in [3.63, 3.8) is 0 Å². The molecule has 0 bridgehead atoms. The number of anilines is 1. The molecule has 0 radical (unpaired) electrons. The zero-order valence-corrected chi connectivity index (χ0v) is 16.6. The molecule has 0 aliphatic rings. The first-order chi connectivity index (χ1) is 13.0. The first kappa shape index (κ1) is 17.9. The molecular formula is C20H11ClFIN2O2. The number of oxazole rings is 1. The average Bonchev–Trinajstić information content (AvgIpc) is 3.05. The van der Waals surface area contributed by atoms with E-state index in [9.17, 15) is 9.18 Å². The van der Waals surface area contributed by atoms with Gasteiger partial charge in [-0.25, -0.2) is 9.37 Å². The number of carbonyl (C=O) groups excluding carboxylic acids is 1. The fourth-order valence-electron chi connectivity index (χ4n) is 2.63. The lowest BCUT2D eigenvalue weighted by Crippen LogP contribution is -2.13. The van der Waals surface area contributed by atoms with Gasteiger partial charge in [-0.05, 0) is 71.1 Å². The Morgan fingerprint density at radius 1 is 1.11 bits per heavy atom. The molecule has 0 aliphatic heterocycles. The molecule has 1 N–H and O–H groups in total. The van der Waals surface area contributed by atoms with Gasteiger partial charge >= 0.3 is 0 Å². The number of hydrogen-bond donors (Lipinski definition) is 1. The third-order valence-electron chi connectivity index (χ3n) is 3.93. The van der Waals surface area contributed by atoms with E-state index in [0.29, 0.717) is 27.9 Å². The number of fused-ring (bicyclic) bond motifs is 1. The lowest BCUT2D eigenvalue weighted by Gasteiger charge is -2.06. The number of amides is 1. The highest BCUT2D eigenvalue weighted by molar-refractivity contribution is 14.1. The molecule has 0 saturated heterocycles. The molecule has 1 aromatic heterocycles. The Hall–Kier alpha value is -2.45. The number of rotatable bonds is 3. The molecule has 3 aromatic carbocycles. The molecule has 0 unspecified atom stereocenters. The van der Waals surface area contributed by atoms with E-state index in [1.165, 1.54) is 18.2 Å². The van der Waals surface area contributed by atoms with E-state index in [-0.39, 0.29) is 16.8 Å². The predicted molar refractivity (Wildman–Crippen MR) is 112 cm³/mol. The summed E-state index contributed by atoms with van der Waals surface area (Å²) in [7, 11) is 0. The molecule has 0 aliphatic carbocycles. The van der Waals surface area contributed by atoms with Crippen LogP contribution in [0.5, 0.6) is 0 Å². The number of nitrogens with one attached hydrogen (secondary N) is 1. The predicted octanol–water partition coefficient (Wildman–Crippen LogP) is 6.14. The van der Waals surface area contributed by atoms with E-state index in [1.54, 1.807) is 24.3 Å². The zero-order valence-electron chi connectivity index (χ0n) is 13.7. The average molecular weight is 493 g/mol. The number of halogens is 3. The van der Waals surface area contributed by atoms with E-state index in [0.717, 1.165) is 3.57 Å². The van der Waals surface area contributed by atoms with E-state index in [1.807, 2.05) is 18.2 Å². The summed E-state index contributed by atoms with van der Waals surface area (Å²) in [6.07, 6.45) is 0. The molecule has 4 aromatic rings. The van der Waals surface area contributed by atoms with Gasteiger partial charge in [0.15, 0.2) is 5.58 Å². The second kappa shape index (κ2) is 7.28. The SMILES string of the molecule is O=C(Nc1ccc2oc(-c3ccc(F)cc3Cl)nc2c1)c1ccccc1I. The standard InChI is InChI=1S/C20H11ClFIN2O2/c21-15-9-11(22)5-7-13(15)20-25-17-10-12(6-8-18(17)27-20)24-19(26)14-3-1-2-4-16(14)23/h1-10H,(H,24,26). The normalized spacial score (nSPS) is 10.9. The van der Waals surface area contributed by atoms with Gasteiger partial charge in [0.05, 0.1) is 16.1 Å². The van der Waals surface area contributed by atoms with Crippen molar-refractivity contribution in [3.05, 3.63) is 80.6 Å². The molecule has 0 spiro atoms. The Morgan fingerprint density at radius 3 is 2.70 bits per heavy atom. The Morgan fingerprint density at radius 2 is 1.93 bits per heavy atom. The third kappa shape index (κ3) is 3.68. The number of aromatic nitrogens is 1. The summed E-state index contributed by atoms with van der Waals surface area (Å²) in [4.78, 5) is 16.9. The Labute approximate surface area is 172 Å². The lowest BCUT2D eigenvalue weighted by atomic mass is 10.2. The summed E-state index contributed by atoms with van der Waals surface area (Å²) in [5.41, 5.74) is 2.79. The largest absolute Gasteiger partial charge is 0.436 e. The first-order valence-electron chi connectivity index (χ1n) is 7.93. The molecule has 4 nitrogen and oxygen atoms in total. The quantitative estimate of drug-likeness (QED) is 0.349. The summed E-state index contributed by atoms with van der Waals surface area (Å²) >= 11 is 8.20. The van der Waals surface area contributed by atoms with Gasteiger partial charge in [0.25, 0.3) is 5.91 Å². The van der Waals surface area contributed by atoms with E-state index >= 15 is 0 Å². The van der Waals surface area contributed by atoms with Crippen molar-refractivity contribution in [3.8, 4) is 11.5 Å². The highest BCUT2D eigenvalue weighted by Crippen LogP contribution is 2.31. The van der Waals surface area contributed by atoms with Gasteiger partial charge in [-0.1, -0.05) is 23.7 Å². The Bertz CT molecular complexity index is 1180. The maximum Gasteiger partial charge on any atom is 0.256 e. The van der Waals surface area contributed by atoms with Gasteiger partial charge in [-0.2, -0.15) is 0 Å². The van der Waals surface area contributed by atoms with Gasteiger partial charge in [0.1, 0.15) is 11.3 Å².